The minimum absolute atomic E-state index is 0.0761. The van der Waals surface area contributed by atoms with E-state index in [-0.39, 0.29) is 17.5 Å². The maximum absolute atomic E-state index is 14.9. The third-order valence-electron chi connectivity index (χ3n) is 7.59. The van der Waals surface area contributed by atoms with Crippen molar-refractivity contribution in [2.45, 2.75) is 45.7 Å². The van der Waals surface area contributed by atoms with E-state index in [1.54, 1.807) is 32.3 Å². The van der Waals surface area contributed by atoms with Gasteiger partial charge in [0.1, 0.15) is 17.0 Å². The van der Waals surface area contributed by atoms with E-state index in [2.05, 4.69) is 25.3 Å². The molecule has 188 valence electrons. The first-order valence-electron chi connectivity index (χ1n) is 12.1. The first-order valence-corrected chi connectivity index (χ1v) is 12.1. The van der Waals surface area contributed by atoms with Crippen molar-refractivity contribution < 1.29 is 18.0 Å². The molecule has 3 atom stereocenters. The van der Waals surface area contributed by atoms with E-state index in [4.69, 9.17) is 0 Å². The quantitative estimate of drug-likeness (QED) is 0.428. The topological polar surface area (TPSA) is 91.7 Å². The highest BCUT2D eigenvalue weighted by Crippen LogP contribution is 2.39. The van der Waals surface area contributed by atoms with Gasteiger partial charge in [0, 0.05) is 49.4 Å². The second-order valence-corrected chi connectivity index (χ2v) is 9.90. The molecule has 36 heavy (non-hydrogen) atoms. The molecular weight excluding hydrogens is 471 g/mol. The molecule has 2 N–H and O–H groups in total. The summed E-state index contributed by atoms with van der Waals surface area (Å²) in [5.41, 5.74) is 2.21. The standard InChI is InChI=1S/C25H26F3N7O/c1-12-31-23-20(26)5-14(6-21(23)35(12)11-22(27)28)18-7-29-24-19(18)8-30-25(33-24)32-17-3-15-9-34(13(2)36)10-16(15)4-17/h5-8,15-17,22H,3-4,9-11H2,1-2H3,(H2,29,30,32,33)/t15-,16+,17+. The van der Waals surface area contributed by atoms with E-state index in [0.717, 1.165) is 25.9 Å². The highest BCUT2D eigenvalue weighted by atomic mass is 19.3. The molecule has 1 saturated heterocycles. The number of aromatic nitrogens is 5. The van der Waals surface area contributed by atoms with Crippen LogP contribution in [0.4, 0.5) is 19.1 Å². The molecule has 4 aromatic rings. The number of likely N-dealkylation sites (tertiary alicyclic amines) is 1. The van der Waals surface area contributed by atoms with Gasteiger partial charge < -0.3 is 19.8 Å². The lowest BCUT2D eigenvalue weighted by Gasteiger charge is -2.18. The molecule has 0 unspecified atom stereocenters. The Morgan fingerprint density at radius 1 is 1.22 bits per heavy atom. The fourth-order valence-corrected chi connectivity index (χ4v) is 5.89. The number of fused-ring (bicyclic) bond motifs is 3. The number of hydrogen-bond acceptors (Lipinski definition) is 5. The number of H-pyrrole nitrogens is 1. The van der Waals surface area contributed by atoms with Crippen molar-refractivity contribution >= 4 is 33.9 Å². The smallest absolute Gasteiger partial charge is 0.256 e. The molecule has 0 radical (unpaired) electrons. The Morgan fingerprint density at radius 3 is 2.67 bits per heavy atom. The highest BCUT2D eigenvalue weighted by Gasteiger charge is 2.41. The number of anilines is 1. The predicted molar refractivity (Wildman–Crippen MR) is 129 cm³/mol. The molecule has 0 spiro atoms. The summed E-state index contributed by atoms with van der Waals surface area (Å²) >= 11 is 0. The van der Waals surface area contributed by atoms with Crippen molar-refractivity contribution in [2.75, 3.05) is 18.4 Å². The number of aryl methyl sites for hydroxylation is 1. The molecule has 1 saturated carbocycles. The van der Waals surface area contributed by atoms with Crippen LogP contribution < -0.4 is 5.32 Å². The summed E-state index contributed by atoms with van der Waals surface area (Å²) in [4.78, 5) is 30.0. The van der Waals surface area contributed by atoms with Crippen molar-refractivity contribution in [3.8, 4) is 11.1 Å². The molecule has 6 rings (SSSR count). The minimum atomic E-state index is -2.58. The van der Waals surface area contributed by atoms with Gasteiger partial charge in [-0.2, -0.15) is 4.98 Å². The van der Waals surface area contributed by atoms with E-state index >= 15 is 0 Å². The zero-order valence-electron chi connectivity index (χ0n) is 19.9. The number of nitrogens with one attached hydrogen (secondary N) is 2. The normalized spacial score (nSPS) is 21.7. The molecule has 2 fully saturated rings. The molecule has 0 bridgehead atoms. The zero-order valence-corrected chi connectivity index (χ0v) is 19.9. The summed E-state index contributed by atoms with van der Waals surface area (Å²) in [5, 5.41) is 4.13. The molecule has 4 heterocycles. The molecule has 8 nitrogen and oxygen atoms in total. The summed E-state index contributed by atoms with van der Waals surface area (Å²) in [7, 11) is 0. The van der Waals surface area contributed by atoms with Crippen LogP contribution in [0.2, 0.25) is 0 Å². The van der Waals surface area contributed by atoms with E-state index in [1.165, 1.54) is 10.6 Å². The lowest BCUT2D eigenvalue weighted by molar-refractivity contribution is -0.128. The predicted octanol–water partition coefficient (Wildman–Crippen LogP) is 4.36. The van der Waals surface area contributed by atoms with Crippen LogP contribution in [0, 0.1) is 24.6 Å². The van der Waals surface area contributed by atoms with Gasteiger partial charge in [-0.1, -0.05) is 0 Å². The Hall–Kier alpha value is -3.63. The monoisotopic (exact) mass is 497 g/mol. The number of hydrogen-bond donors (Lipinski definition) is 2. The van der Waals surface area contributed by atoms with E-state index in [0.29, 0.717) is 51.3 Å². The third kappa shape index (κ3) is 3.86. The average molecular weight is 498 g/mol. The van der Waals surface area contributed by atoms with Gasteiger partial charge in [-0.15, -0.1) is 0 Å². The van der Waals surface area contributed by atoms with Crippen molar-refractivity contribution in [3.05, 3.63) is 36.2 Å². The van der Waals surface area contributed by atoms with Crippen molar-refractivity contribution in [1.82, 2.24) is 29.4 Å². The summed E-state index contributed by atoms with van der Waals surface area (Å²) < 4.78 is 42.4. The number of amides is 1. The SMILES string of the molecule is CC(=O)N1C[C@H]2C[C@H](Nc3ncc4c(-c5cc(F)c6nc(C)n(CC(F)F)c6c5)c[nH]c4n3)C[C@H]2C1. The number of imidazole rings is 1. The number of halogens is 3. The molecule has 1 amide bonds. The van der Waals surface area contributed by atoms with Crippen LogP contribution in [0.5, 0.6) is 0 Å². The number of carbonyl (C=O) groups is 1. The molecular formula is C25H26F3N7O. The maximum atomic E-state index is 14.9. The lowest BCUT2D eigenvalue weighted by atomic mass is 10.0. The summed E-state index contributed by atoms with van der Waals surface area (Å²) in [6, 6.07) is 3.28. The molecule has 1 aliphatic carbocycles. The van der Waals surface area contributed by atoms with Crippen LogP contribution >= 0.6 is 0 Å². The fourth-order valence-electron chi connectivity index (χ4n) is 5.89. The number of aromatic amines is 1. The van der Waals surface area contributed by atoms with Crippen LogP contribution in [0.15, 0.2) is 24.5 Å². The Kier molecular flexibility index (Phi) is 5.38. The Morgan fingerprint density at radius 2 is 1.97 bits per heavy atom. The maximum Gasteiger partial charge on any atom is 0.256 e. The number of nitrogens with zero attached hydrogens (tertiary/aromatic N) is 5. The molecule has 3 aromatic heterocycles. The molecule has 1 aliphatic heterocycles. The molecule has 11 heteroatoms. The van der Waals surface area contributed by atoms with Crippen LogP contribution in [0.3, 0.4) is 0 Å². The first-order chi connectivity index (χ1) is 17.3. The zero-order chi connectivity index (χ0) is 25.1. The highest BCUT2D eigenvalue weighted by molar-refractivity contribution is 5.96. The average Bonchev–Trinajstić information content (AvgIpc) is 3.56. The molecule has 1 aromatic carbocycles. The second kappa shape index (κ2) is 8.49. The van der Waals surface area contributed by atoms with Gasteiger partial charge in [0.05, 0.1) is 12.1 Å². The number of alkyl halides is 2. The first kappa shape index (κ1) is 22.8. The second-order valence-electron chi connectivity index (χ2n) is 9.90. The van der Waals surface area contributed by atoms with E-state index in [9.17, 15) is 18.0 Å². The van der Waals surface area contributed by atoms with Gasteiger partial charge in [-0.3, -0.25) is 4.79 Å². The van der Waals surface area contributed by atoms with Crippen LogP contribution in [0.25, 0.3) is 33.2 Å². The van der Waals surface area contributed by atoms with Gasteiger partial charge in [0.15, 0.2) is 5.82 Å². The van der Waals surface area contributed by atoms with E-state index < -0.39 is 18.8 Å². The summed E-state index contributed by atoms with van der Waals surface area (Å²) in [5.74, 6) is 1.42. The van der Waals surface area contributed by atoms with Gasteiger partial charge in [-0.25, -0.2) is 23.1 Å². The number of carbonyl (C=O) groups excluding carboxylic acids is 1. The van der Waals surface area contributed by atoms with Gasteiger partial charge in [0.25, 0.3) is 6.43 Å². The lowest BCUT2D eigenvalue weighted by Crippen LogP contribution is -2.29. The van der Waals surface area contributed by atoms with Gasteiger partial charge >= 0.3 is 0 Å². The van der Waals surface area contributed by atoms with Crippen molar-refractivity contribution in [3.63, 3.8) is 0 Å². The molecule has 2 aliphatic rings. The Labute approximate surface area is 204 Å². The van der Waals surface area contributed by atoms with Gasteiger partial charge in [0.2, 0.25) is 11.9 Å². The van der Waals surface area contributed by atoms with Crippen LogP contribution in [-0.2, 0) is 11.3 Å². The number of benzene rings is 1. The third-order valence-corrected chi connectivity index (χ3v) is 7.59. The number of rotatable bonds is 5. The van der Waals surface area contributed by atoms with E-state index in [1.807, 2.05) is 4.90 Å². The minimum Gasteiger partial charge on any atom is -0.351 e. The Bertz CT molecular complexity index is 1470. The fraction of sp³-hybridized carbons (Fsp3) is 0.440. The summed E-state index contributed by atoms with van der Waals surface area (Å²) in [6.07, 6.45) is 2.77. The van der Waals surface area contributed by atoms with Crippen LogP contribution in [0.1, 0.15) is 25.6 Å². The van der Waals surface area contributed by atoms with Crippen LogP contribution in [-0.4, -0.2) is 60.9 Å². The van der Waals surface area contributed by atoms with Crippen molar-refractivity contribution in [2.24, 2.45) is 11.8 Å². The van der Waals surface area contributed by atoms with Gasteiger partial charge in [-0.05, 0) is 49.3 Å². The Balaban J connectivity index is 1.25. The summed E-state index contributed by atoms with van der Waals surface area (Å²) in [6.45, 7) is 4.29. The largest absolute Gasteiger partial charge is 0.351 e. The van der Waals surface area contributed by atoms with Crippen molar-refractivity contribution in [1.29, 1.82) is 0 Å².